The Balaban J connectivity index is 1.29. The number of rotatable bonds is 4. The molecule has 1 aliphatic carbocycles. The van der Waals surface area contributed by atoms with Gasteiger partial charge in [-0.3, -0.25) is 4.79 Å². The number of nitrogens with zero attached hydrogens (tertiary/aromatic N) is 3. The molecular weight excluding hydrogens is 371 g/mol. The van der Waals surface area contributed by atoms with Gasteiger partial charge >= 0.3 is 0 Å². The molecule has 7 heteroatoms. The quantitative estimate of drug-likeness (QED) is 0.740. The average Bonchev–Trinajstić information content (AvgIpc) is 3.18. The van der Waals surface area contributed by atoms with Crippen LogP contribution in [0.25, 0.3) is 5.69 Å². The fourth-order valence-electron chi connectivity index (χ4n) is 4.37. The van der Waals surface area contributed by atoms with E-state index in [1.165, 1.54) is 18.5 Å². The Morgan fingerprint density at radius 2 is 2.14 bits per heavy atom. The summed E-state index contributed by atoms with van der Waals surface area (Å²) >= 11 is 0. The van der Waals surface area contributed by atoms with Crippen molar-refractivity contribution < 1.29 is 13.9 Å². The van der Waals surface area contributed by atoms with Gasteiger partial charge in [-0.05, 0) is 55.7 Å². The summed E-state index contributed by atoms with van der Waals surface area (Å²) < 4.78 is 21.1. The Bertz CT molecular complexity index is 1050. The van der Waals surface area contributed by atoms with Gasteiger partial charge in [-0.1, -0.05) is 12.1 Å². The number of aromatic nitrogens is 3. The zero-order valence-electron chi connectivity index (χ0n) is 16.0. The zero-order valence-corrected chi connectivity index (χ0v) is 16.0. The molecule has 0 radical (unpaired) electrons. The first kappa shape index (κ1) is 17.8. The molecule has 1 aliphatic heterocycles. The van der Waals surface area contributed by atoms with E-state index in [0.717, 1.165) is 29.7 Å². The molecule has 1 spiro atoms. The predicted molar refractivity (Wildman–Crippen MR) is 104 cm³/mol. The highest BCUT2D eigenvalue weighted by molar-refractivity contribution is 5.85. The maximum absolute atomic E-state index is 13.8. The largest absolute Gasteiger partial charge is 0.493 e. The summed E-state index contributed by atoms with van der Waals surface area (Å²) in [5, 5.41) is 7.23. The summed E-state index contributed by atoms with van der Waals surface area (Å²) in [5.74, 6) is 0.268. The number of ether oxygens (including phenoxy) is 1. The highest BCUT2D eigenvalue weighted by Gasteiger charge is 2.61. The van der Waals surface area contributed by atoms with Crippen LogP contribution >= 0.6 is 0 Å². The van der Waals surface area contributed by atoms with Crippen LogP contribution in [0.15, 0.2) is 55.1 Å². The van der Waals surface area contributed by atoms with E-state index in [4.69, 9.17) is 4.74 Å². The van der Waals surface area contributed by atoms with Crippen LogP contribution in [0.2, 0.25) is 0 Å². The molecular formula is C22H21FN4O2. The van der Waals surface area contributed by atoms with Crippen molar-refractivity contribution in [2.24, 2.45) is 5.92 Å². The highest BCUT2D eigenvalue weighted by Crippen LogP contribution is 2.60. The molecule has 0 unspecified atom stereocenters. The summed E-state index contributed by atoms with van der Waals surface area (Å²) in [4.78, 5) is 16.9. The topological polar surface area (TPSA) is 69.0 Å². The maximum Gasteiger partial charge on any atom is 0.224 e. The third kappa shape index (κ3) is 3.06. The first-order valence-electron chi connectivity index (χ1n) is 9.75. The van der Waals surface area contributed by atoms with Crippen LogP contribution in [0.1, 0.15) is 36.9 Å². The van der Waals surface area contributed by atoms with Crippen molar-refractivity contribution in [2.45, 2.75) is 31.2 Å². The number of fused-ring (bicyclic) bond motifs is 2. The third-order valence-electron chi connectivity index (χ3n) is 6.11. The Morgan fingerprint density at radius 1 is 1.31 bits per heavy atom. The Hall–Kier alpha value is -3.22. The van der Waals surface area contributed by atoms with Gasteiger partial charge in [-0.25, -0.2) is 14.1 Å². The molecule has 6 nitrogen and oxygen atoms in total. The van der Waals surface area contributed by atoms with E-state index in [0.29, 0.717) is 12.4 Å². The number of amides is 1. The number of halogens is 1. The molecule has 3 atom stereocenters. The molecule has 3 aromatic rings. The molecule has 1 saturated carbocycles. The van der Waals surface area contributed by atoms with E-state index in [1.54, 1.807) is 17.1 Å². The molecule has 2 aliphatic rings. The first-order chi connectivity index (χ1) is 14.1. The lowest BCUT2D eigenvalue weighted by molar-refractivity contribution is -0.123. The monoisotopic (exact) mass is 392 g/mol. The molecule has 1 N–H and O–H groups in total. The highest BCUT2D eigenvalue weighted by atomic mass is 19.1. The smallest absolute Gasteiger partial charge is 0.224 e. The molecule has 1 fully saturated rings. The minimum absolute atomic E-state index is 0.00923. The van der Waals surface area contributed by atoms with Crippen molar-refractivity contribution in [1.29, 1.82) is 0 Å². The molecule has 29 heavy (non-hydrogen) atoms. The summed E-state index contributed by atoms with van der Waals surface area (Å²) in [5.41, 5.74) is 2.45. The van der Waals surface area contributed by atoms with E-state index in [1.807, 2.05) is 31.2 Å². The van der Waals surface area contributed by atoms with Crippen LogP contribution in [-0.4, -0.2) is 27.3 Å². The molecule has 148 valence electrons. The van der Waals surface area contributed by atoms with Gasteiger partial charge in [-0.15, -0.1) is 0 Å². The van der Waals surface area contributed by atoms with Gasteiger partial charge in [0.15, 0.2) is 0 Å². The molecule has 2 aromatic carbocycles. The zero-order chi connectivity index (χ0) is 20.0. The van der Waals surface area contributed by atoms with Crippen LogP contribution in [0.4, 0.5) is 4.39 Å². The van der Waals surface area contributed by atoms with E-state index in [-0.39, 0.29) is 29.1 Å². The normalized spacial score (nSPS) is 23.2. The summed E-state index contributed by atoms with van der Waals surface area (Å²) in [7, 11) is 0. The minimum atomic E-state index is -0.295. The Labute approximate surface area is 167 Å². The number of benzene rings is 2. The van der Waals surface area contributed by atoms with Crippen LogP contribution in [0.3, 0.4) is 0 Å². The lowest BCUT2D eigenvalue weighted by Gasteiger charge is -2.27. The minimum Gasteiger partial charge on any atom is -0.493 e. The molecule has 2 heterocycles. The fourth-order valence-corrected chi connectivity index (χ4v) is 4.37. The van der Waals surface area contributed by atoms with E-state index >= 15 is 0 Å². The fraction of sp³-hybridized carbons (Fsp3) is 0.318. The lowest BCUT2D eigenvalue weighted by atomic mass is 9.87. The van der Waals surface area contributed by atoms with Crippen molar-refractivity contribution in [3.05, 3.63) is 72.1 Å². The van der Waals surface area contributed by atoms with Gasteiger partial charge in [0, 0.05) is 16.9 Å². The Morgan fingerprint density at radius 3 is 2.90 bits per heavy atom. The molecule has 0 bridgehead atoms. The predicted octanol–water partition coefficient (Wildman–Crippen LogP) is 3.32. The maximum atomic E-state index is 13.8. The van der Waals surface area contributed by atoms with Crippen molar-refractivity contribution in [3.8, 4) is 11.4 Å². The number of carbonyl (C=O) groups is 1. The second kappa shape index (κ2) is 6.69. The van der Waals surface area contributed by atoms with Crippen LogP contribution in [0, 0.1) is 11.7 Å². The molecule has 1 aromatic heterocycles. The van der Waals surface area contributed by atoms with E-state index in [9.17, 15) is 9.18 Å². The van der Waals surface area contributed by atoms with Gasteiger partial charge in [0.05, 0.1) is 18.3 Å². The van der Waals surface area contributed by atoms with Gasteiger partial charge in [0.2, 0.25) is 5.91 Å². The van der Waals surface area contributed by atoms with Gasteiger partial charge < -0.3 is 10.1 Å². The number of hydrogen-bond donors (Lipinski definition) is 1. The SMILES string of the molecule is C[C@@H](NC(=O)[C@H]1C[C@@]12CCOc1ccc(F)cc12)c1ccc(-n2cncn2)cc1. The van der Waals surface area contributed by atoms with Crippen molar-refractivity contribution in [2.75, 3.05) is 6.61 Å². The van der Waals surface area contributed by atoms with Crippen LogP contribution < -0.4 is 10.1 Å². The second-order valence-corrected chi connectivity index (χ2v) is 7.81. The number of carbonyl (C=O) groups excluding carboxylic acids is 1. The molecule has 0 saturated heterocycles. The van der Waals surface area contributed by atoms with Gasteiger partial charge in [0.1, 0.15) is 24.2 Å². The number of hydrogen-bond acceptors (Lipinski definition) is 4. The molecule has 5 rings (SSSR count). The van der Waals surface area contributed by atoms with Crippen LogP contribution in [-0.2, 0) is 10.2 Å². The molecule has 1 amide bonds. The van der Waals surface area contributed by atoms with Crippen molar-refractivity contribution in [1.82, 2.24) is 20.1 Å². The van der Waals surface area contributed by atoms with E-state index < -0.39 is 0 Å². The van der Waals surface area contributed by atoms with Gasteiger partial charge in [0.25, 0.3) is 0 Å². The third-order valence-corrected chi connectivity index (χ3v) is 6.11. The lowest BCUT2D eigenvalue weighted by Crippen LogP contribution is -2.32. The summed E-state index contributed by atoms with van der Waals surface area (Å²) in [6.45, 7) is 2.52. The average molecular weight is 392 g/mol. The first-order valence-corrected chi connectivity index (χ1v) is 9.75. The standard InChI is InChI=1S/C22H21FN4O2/c1-14(15-2-5-17(6-3-15)27-13-24-12-25-27)26-21(28)19-11-22(19)8-9-29-20-7-4-16(23)10-18(20)22/h2-7,10,12-14,19H,8-9,11H2,1H3,(H,26,28)/t14-,19-,22-/m1/s1. The van der Waals surface area contributed by atoms with Crippen molar-refractivity contribution in [3.63, 3.8) is 0 Å². The van der Waals surface area contributed by atoms with Crippen LogP contribution in [0.5, 0.6) is 5.75 Å². The van der Waals surface area contributed by atoms with E-state index in [2.05, 4.69) is 15.4 Å². The summed E-state index contributed by atoms with van der Waals surface area (Å²) in [6.07, 6.45) is 4.60. The van der Waals surface area contributed by atoms with Gasteiger partial charge in [-0.2, -0.15) is 5.10 Å². The Kier molecular flexibility index (Phi) is 4.12. The summed E-state index contributed by atoms with van der Waals surface area (Å²) in [6, 6.07) is 12.3. The van der Waals surface area contributed by atoms with Crippen molar-refractivity contribution >= 4 is 5.91 Å². The second-order valence-electron chi connectivity index (χ2n) is 7.81. The number of nitrogens with one attached hydrogen (secondary N) is 1.